The molecule has 1 saturated heterocycles. The van der Waals surface area contributed by atoms with E-state index in [2.05, 4.69) is 22.0 Å². The van der Waals surface area contributed by atoms with Crippen LogP contribution in [0, 0.1) is 0 Å². The van der Waals surface area contributed by atoms with Crippen LogP contribution in [0.5, 0.6) is 0 Å². The van der Waals surface area contributed by atoms with Crippen LogP contribution in [0.25, 0.3) is 0 Å². The molecular formula is C14H22N2O. The van der Waals surface area contributed by atoms with Gasteiger partial charge in [0.1, 0.15) is 5.82 Å². The Morgan fingerprint density at radius 2 is 2.24 bits per heavy atom. The number of piperidine rings is 1. The lowest BCUT2D eigenvalue weighted by Crippen LogP contribution is -2.40. The number of aliphatic hydroxyl groups is 1. The number of rotatable bonds is 5. The van der Waals surface area contributed by atoms with Gasteiger partial charge < -0.3 is 10.0 Å². The monoisotopic (exact) mass is 234 g/mol. The number of anilines is 1. The molecule has 0 amide bonds. The number of nitrogens with zero attached hydrogens (tertiary/aromatic N) is 2. The fourth-order valence-corrected chi connectivity index (χ4v) is 2.62. The minimum Gasteiger partial charge on any atom is -0.396 e. The van der Waals surface area contributed by atoms with Crippen LogP contribution in [0.2, 0.25) is 0 Å². The molecule has 0 spiro atoms. The van der Waals surface area contributed by atoms with Crippen molar-refractivity contribution in [2.24, 2.45) is 0 Å². The summed E-state index contributed by atoms with van der Waals surface area (Å²) in [4.78, 5) is 6.90. The number of hydrogen-bond donors (Lipinski definition) is 1. The van der Waals surface area contributed by atoms with Gasteiger partial charge in [0, 0.05) is 25.4 Å². The standard InChI is InChI=1S/C14H22N2O/c17-12-6-3-8-13-7-2-5-11-16(13)14-9-1-4-10-15-14/h1,4,9-10,13,17H,2-3,5-8,11-12H2. The summed E-state index contributed by atoms with van der Waals surface area (Å²) in [6.45, 7) is 1.44. The van der Waals surface area contributed by atoms with Crippen molar-refractivity contribution in [2.75, 3.05) is 18.1 Å². The number of aliphatic hydroxyl groups excluding tert-OH is 1. The maximum Gasteiger partial charge on any atom is 0.128 e. The first-order valence-electron chi connectivity index (χ1n) is 6.70. The summed E-state index contributed by atoms with van der Waals surface area (Å²) in [5, 5.41) is 8.85. The highest BCUT2D eigenvalue weighted by atomic mass is 16.2. The van der Waals surface area contributed by atoms with Crippen LogP contribution in [0.15, 0.2) is 24.4 Å². The lowest BCUT2D eigenvalue weighted by atomic mass is 9.97. The van der Waals surface area contributed by atoms with E-state index in [0.717, 1.165) is 25.2 Å². The van der Waals surface area contributed by atoms with Gasteiger partial charge in [0.05, 0.1) is 0 Å². The maximum atomic E-state index is 8.85. The molecule has 0 radical (unpaired) electrons. The summed E-state index contributed by atoms with van der Waals surface area (Å²) in [5.74, 6) is 1.11. The molecule has 1 fully saturated rings. The highest BCUT2D eigenvalue weighted by Gasteiger charge is 2.22. The second-order valence-electron chi connectivity index (χ2n) is 4.75. The molecule has 0 bridgehead atoms. The first kappa shape index (κ1) is 12.4. The third kappa shape index (κ3) is 3.43. The number of unbranched alkanes of at least 4 members (excludes halogenated alkanes) is 1. The van der Waals surface area contributed by atoms with Gasteiger partial charge in [0.15, 0.2) is 0 Å². The summed E-state index contributed by atoms with van der Waals surface area (Å²) < 4.78 is 0. The van der Waals surface area contributed by atoms with Crippen LogP contribution in [-0.2, 0) is 0 Å². The van der Waals surface area contributed by atoms with E-state index in [1.807, 2.05) is 12.3 Å². The Morgan fingerprint density at radius 3 is 3.00 bits per heavy atom. The van der Waals surface area contributed by atoms with E-state index in [1.54, 1.807) is 0 Å². The van der Waals surface area contributed by atoms with Crippen LogP contribution in [-0.4, -0.2) is 29.3 Å². The summed E-state index contributed by atoms with van der Waals surface area (Å²) in [7, 11) is 0. The molecule has 1 aromatic rings. The van der Waals surface area contributed by atoms with Crippen molar-refractivity contribution in [2.45, 2.75) is 44.6 Å². The van der Waals surface area contributed by atoms with E-state index in [-0.39, 0.29) is 0 Å². The topological polar surface area (TPSA) is 36.4 Å². The second kappa shape index (κ2) is 6.60. The van der Waals surface area contributed by atoms with Crippen molar-refractivity contribution in [1.29, 1.82) is 0 Å². The Hall–Kier alpha value is -1.09. The van der Waals surface area contributed by atoms with Crippen LogP contribution in [0.4, 0.5) is 5.82 Å². The van der Waals surface area contributed by atoms with Gasteiger partial charge in [-0.05, 0) is 50.7 Å². The van der Waals surface area contributed by atoms with Crippen LogP contribution >= 0.6 is 0 Å². The highest BCUT2D eigenvalue weighted by Crippen LogP contribution is 2.25. The molecular weight excluding hydrogens is 212 g/mol. The average Bonchev–Trinajstić information content (AvgIpc) is 2.41. The van der Waals surface area contributed by atoms with Crippen LogP contribution < -0.4 is 4.90 Å². The predicted octanol–water partition coefficient (Wildman–Crippen LogP) is 2.60. The molecule has 17 heavy (non-hydrogen) atoms. The quantitative estimate of drug-likeness (QED) is 0.796. The van der Waals surface area contributed by atoms with E-state index in [1.165, 1.54) is 25.7 Å². The molecule has 94 valence electrons. The van der Waals surface area contributed by atoms with Gasteiger partial charge in [0.2, 0.25) is 0 Å². The van der Waals surface area contributed by atoms with Gasteiger partial charge in [-0.2, -0.15) is 0 Å². The van der Waals surface area contributed by atoms with E-state index in [9.17, 15) is 0 Å². The lowest BCUT2D eigenvalue weighted by molar-refractivity contribution is 0.278. The second-order valence-corrected chi connectivity index (χ2v) is 4.75. The van der Waals surface area contributed by atoms with Crippen molar-refractivity contribution in [3.63, 3.8) is 0 Å². The minimum absolute atomic E-state index is 0.316. The molecule has 0 aromatic carbocycles. The molecule has 2 rings (SSSR count). The zero-order chi connectivity index (χ0) is 11.9. The zero-order valence-corrected chi connectivity index (χ0v) is 10.4. The Balaban J connectivity index is 1.97. The molecule has 2 heterocycles. The summed E-state index contributed by atoms with van der Waals surface area (Å²) in [6, 6.07) is 6.74. The molecule has 1 aromatic heterocycles. The van der Waals surface area contributed by atoms with Gasteiger partial charge in [-0.3, -0.25) is 0 Å². The molecule has 0 saturated carbocycles. The SMILES string of the molecule is OCCCCC1CCCCN1c1ccccn1. The Labute approximate surface area is 103 Å². The largest absolute Gasteiger partial charge is 0.396 e. The van der Waals surface area contributed by atoms with Gasteiger partial charge in [-0.25, -0.2) is 4.98 Å². The summed E-state index contributed by atoms with van der Waals surface area (Å²) in [6.07, 6.45) is 8.95. The summed E-state index contributed by atoms with van der Waals surface area (Å²) in [5.41, 5.74) is 0. The number of hydrogen-bond acceptors (Lipinski definition) is 3. The minimum atomic E-state index is 0.316. The van der Waals surface area contributed by atoms with Gasteiger partial charge in [-0.1, -0.05) is 6.07 Å². The summed E-state index contributed by atoms with van der Waals surface area (Å²) >= 11 is 0. The molecule has 1 unspecified atom stereocenters. The Morgan fingerprint density at radius 1 is 1.29 bits per heavy atom. The van der Waals surface area contributed by atoms with Crippen molar-refractivity contribution < 1.29 is 5.11 Å². The van der Waals surface area contributed by atoms with Crippen LogP contribution in [0.1, 0.15) is 38.5 Å². The Kier molecular flexibility index (Phi) is 4.80. The molecule has 1 aliphatic heterocycles. The van der Waals surface area contributed by atoms with Crippen LogP contribution in [0.3, 0.4) is 0 Å². The van der Waals surface area contributed by atoms with Crippen molar-refractivity contribution in [1.82, 2.24) is 4.98 Å². The Bertz CT molecular complexity index is 315. The van der Waals surface area contributed by atoms with Gasteiger partial charge >= 0.3 is 0 Å². The fourth-order valence-electron chi connectivity index (χ4n) is 2.62. The normalized spacial score (nSPS) is 20.5. The molecule has 1 aliphatic rings. The van der Waals surface area contributed by atoms with E-state index in [0.29, 0.717) is 12.6 Å². The molecule has 0 aliphatic carbocycles. The van der Waals surface area contributed by atoms with E-state index >= 15 is 0 Å². The first-order chi connectivity index (χ1) is 8.42. The third-order valence-electron chi connectivity index (χ3n) is 3.52. The van der Waals surface area contributed by atoms with Gasteiger partial charge in [-0.15, -0.1) is 0 Å². The fraction of sp³-hybridized carbons (Fsp3) is 0.643. The highest BCUT2D eigenvalue weighted by molar-refractivity contribution is 5.39. The van der Waals surface area contributed by atoms with E-state index in [4.69, 9.17) is 5.11 Å². The molecule has 3 heteroatoms. The average molecular weight is 234 g/mol. The maximum absolute atomic E-state index is 8.85. The van der Waals surface area contributed by atoms with Crippen molar-refractivity contribution in [3.8, 4) is 0 Å². The molecule has 1 atom stereocenters. The molecule has 3 nitrogen and oxygen atoms in total. The predicted molar refractivity (Wildman–Crippen MR) is 70.2 cm³/mol. The number of aromatic nitrogens is 1. The first-order valence-corrected chi connectivity index (χ1v) is 6.70. The van der Waals surface area contributed by atoms with Crippen molar-refractivity contribution in [3.05, 3.63) is 24.4 Å². The molecule has 1 N–H and O–H groups in total. The third-order valence-corrected chi connectivity index (χ3v) is 3.52. The van der Waals surface area contributed by atoms with E-state index < -0.39 is 0 Å². The van der Waals surface area contributed by atoms with Gasteiger partial charge in [0.25, 0.3) is 0 Å². The smallest absolute Gasteiger partial charge is 0.128 e. The zero-order valence-electron chi connectivity index (χ0n) is 10.4. The van der Waals surface area contributed by atoms with Crippen molar-refractivity contribution >= 4 is 5.82 Å². The number of pyridine rings is 1. The lowest BCUT2D eigenvalue weighted by Gasteiger charge is -2.36.